The van der Waals surface area contributed by atoms with E-state index in [1.807, 2.05) is 54.6 Å². The third-order valence-electron chi connectivity index (χ3n) is 3.92. The molecule has 132 valence electrons. The molecule has 0 saturated carbocycles. The first-order valence-corrected chi connectivity index (χ1v) is 9.71. The van der Waals surface area contributed by atoms with Crippen LogP contribution in [-0.4, -0.2) is 28.0 Å². The van der Waals surface area contributed by atoms with E-state index in [1.165, 1.54) is 0 Å². The maximum atomic E-state index is 11.3. The number of hydrogen-bond donors (Lipinski definition) is 3. The molecule has 0 saturated heterocycles. The van der Waals surface area contributed by atoms with Gasteiger partial charge in [-0.05, 0) is 23.1 Å². The van der Waals surface area contributed by atoms with Gasteiger partial charge >= 0.3 is 5.97 Å². The zero-order chi connectivity index (χ0) is 18.2. The number of carbonyl (C=O) groups is 2. The van der Waals surface area contributed by atoms with Gasteiger partial charge in [-0.2, -0.15) is 0 Å². The molecule has 0 fully saturated rings. The number of aliphatic carboxylic acids is 1. The third-order valence-corrected chi connectivity index (χ3v) is 5.51. The Hall–Kier alpha value is -2.23. The van der Waals surface area contributed by atoms with Crippen molar-refractivity contribution in [1.29, 1.82) is 0 Å². The first kappa shape index (κ1) is 19.1. The predicted octanol–water partition coefficient (Wildman–Crippen LogP) is 3.21. The van der Waals surface area contributed by atoms with Crippen LogP contribution in [0, 0.1) is 5.92 Å². The normalized spacial score (nSPS) is 13.2. The lowest BCUT2D eigenvalue weighted by Gasteiger charge is -2.16. The van der Waals surface area contributed by atoms with Gasteiger partial charge in [-0.1, -0.05) is 54.6 Å². The summed E-state index contributed by atoms with van der Waals surface area (Å²) < 4.78 is 0. The standard InChI is InChI=1S/C19H22NO4P/c20-18(21)10-9-17(19(22)23)13-25(24)12-14-5-4-8-16(11-14)15-6-2-1-3-7-15/h1-8,11,17,24H,9-10,12-13H2,(H2,20,21)(H,22,23). The highest BCUT2D eigenvalue weighted by Gasteiger charge is 2.22. The number of carboxylic acids is 1. The molecule has 1 amide bonds. The van der Waals surface area contributed by atoms with E-state index >= 15 is 0 Å². The molecule has 0 radical (unpaired) electrons. The molecule has 2 atom stereocenters. The fraction of sp³-hybridized carbons (Fsp3) is 0.263. The highest BCUT2D eigenvalue weighted by Crippen LogP contribution is 2.38. The Bertz CT molecular complexity index is 720. The van der Waals surface area contributed by atoms with E-state index in [0.29, 0.717) is 6.16 Å². The molecule has 0 aliphatic carbocycles. The van der Waals surface area contributed by atoms with Gasteiger partial charge in [0.05, 0.1) is 5.92 Å². The smallest absolute Gasteiger partial charge is 0.306 e. The molecule has 6 heteroatoms. The van der Waals surface area contributed by atoms with Gasteiger partial charge in [-0.15, -0.1) is 0 Å². The van der Waals surface area contributed by atoms with Gasteiger partial charge in [-0.25, -0.2) is 0 Å². The number of carboxylic acid groups (broad SMARTS) is 1. The lowest BCUT2D eigenvalue weighted by molar-refractivity contribution is -0.141. The molecule has 0 spiro atoms. The molecule has 2 rings (SSSR count). The first-order valence-electron chi connectivity index (χ1n) is 8.05. The van der Waals surface area contributed by atoms with E-state index in [-0.39, 0.29) is 19.0 Å². The summed E-state index contributed by atoms with van der Waals surface area (Å²) in [4.78, 5) is 32.5. The fourth-order valence-corrected chi connectivity index (χ4v) is 4.21. The highest BCUT2D eigenvalue weighted by molar-refractivity contribution is 7.50. The molecule has 4 N–H and O–H groups in total. The Balaban J connectivity index is 2.01. The summed E-state index contributed by atoms with van der Waals surface area (Å²) >= 11 is 0. The number of nitrogens with two attached hydrogens (primary N) is 1. The number of hydrogen-bond acceptors (Lipinski definition) is 3. The Kier molecular flexibility index (Phi) is 7.11. The van der Waals surface area contributed by atoms with E-state index in [0.717, 1.165) is 16.7 Å². The van der Waals surface area contributed by atoms with Crippen molar-refractivity contribution in [3.63, 3.8) is 0 Å². The lowest BCUT2D eigenvalue weighted by atomic mass is 10.0. The topological polar surface area (TPSA) is 101 Å². The van der Waals surface area contributed by atoms with Crippen LogP contribution in [-0.2, 0) is 15.8 Å². The summed E-state index contributed by atoms with van der Waals surface area (Å²) in [6.07, 6.45) is 0.765. The second kappa shape index (κ2) is 9.30. The zero-order valence-corrected chi connectivity index (χ0v) is 14.7. The highest BCUT2D eigenvalue weighted by atomic mass is 31.1. The van der Waals surface area contributed by atoms with Crippen molar-refractivity contribution in [3.8, 4) is 11.1 Å². The van der Waals surface area contributed by atoms with Crippen LogP contribution in [0.15, 0.2) is 54.6 Å². The van der Waals surface area contributed by atoms with Crippen LogP contribution in [0.3, 0.4) is 0 Å². The SMILES string of the molecule is NC(=O)CCC(CP(O)Cc1cccc(-c2ccccc2)c1)C(=O)O. The van der Waals surface area contributed by atoms with Crippen LogP contribution in [0.2, 0.25) is 0 Å². The second-order valence-corrected chi connectivity index (χ2v) is 7.65. The quantitative estimate of drug-likeness (QED) is 0.599. The largest absolute Gasteiger partial charge is 0.481 e. The predicted molar refractivity (Wildman–Crippen MR) is 99.1 cm³/mol. The van der Waals surface area contributed by atoms with Gasteiger partial charge in [0.2, 0.25) is 5.91 Å². The summed E-state index contributed by atoms with van der Waals surface area (Å²) in [6, 6.07) is 17.8. The molecule has 2 unspecified atom stereocenters. The maximum absolute atomic E-state index is 11.3. The average molecular weight is 359 g/mol. The molecule has 5 nitrogen and oxygen atoms in total. The van der Waals surface area contributed by atoms with Gasteiger partial charge < -0.3 is 15.7 Å². The number of amides is 1. The molecule has 0 bridgehead atoms. The van der Waals surface area contributed by atoms with Crippen LogP contribution in [0.25, 0.3) is 11.1 Å². The van der Waals surface area contributed by atoms with Crippen LogP contribution in [0.4, 0.5) is 0 Å². The molecule has 2 aromatic rings. The number of rotatable bonds is 9. The number of carbonyl (C=O) groups excluding carboxylic acids is 1. The summed E-state index contributed by atoms with van der Waals surface area (Å²) in [7, 11) is -1.47. The summed E-state index contributed by atoms with van der Waals surface area (Å²) in [6.45, 7) is 0. The molecule has 0 aromatic heterocycles. The molecule has 0 aliphatic heterocycles. The van der Waals surface area contributed by atoms with Crippen molar-refractivity contribution in [3.05, 3.63) is 60.2 Å². The van der Waals surface area contributed by atoms with E-state index in [1.54, 1.807) is 0 Å². The molecular formula is C19H22NO4P. The van der Waals surface area contributed by atoms with Crippen LogP contribution in [0.1, 0.15) is 18.4 Å². The van der Waals surface area contributed by atoms with E-state index in [4.69, 9.17) is 5.73 Å². The number of benzene rings is 2. The van der Waals surface area contributed by atoms with E-state index in [2.05, 4.69) is 0 Å². The minimum Gasteiger partial charge on any atom is -0.481 e. The minimum absolute atomic E-state index is 0.0175. The van der Waals surface area contributed by atoms with Crippen LogP contribution in [0.5, 0.6) is 0 Å². The Morgan fingerprint density at radius 1 is 1.04 bits per heavy atom. The Labute approximate surface area is 148 Å². The summed E-state index contributed by atoms with van der Waals surface area (Å²) in [5, 5.41) is 9.24. The molecule has 0 aliphatic rings. The van der Waals surface area contributed by atoms with Crippen molar-refractivity contribution in [2.45, 2.75) is 19.0 Å². The summed E-state index contributed by atoms with van der Waals surface area (Å²) in [5.41, 5.74) is 8.20. The third kappa shape index (κ3) is 6.29. The maximum Gasteiger partial charge on any atom is 0.306 e. The number of primary amides is 1. The minimum atomic E-state index is -1.47. The van der Waals surface area contributed by atoms with E-state index < -0.39 is 25.9 Å². The molecule has 2 aromatic carbocycles. The Morgan fingerprint density at radius 3 is 2.36 bits per heavy atom. The van der Waals surface area contributed by atoms with Crippen molar-refractivity contribution < 1.29 is 19.6 Å². The van der Waals surface area contributed by atoms with Gasteiger partial charge in [0.25, 0.3) is 0 Å². The van der Waals surface area contributed by atoms with Gasteiger partial charge in [0.15, 0.2) is 0 Å². The monoisotopic (exact) mass is 359 g/mol. The second-order valence-electron chi connectivity index (χ2n) is 5.95. The Morgan fingerprint density at radius 2 is 1.72 bits per heavy atom. The first-order chi connectivity index (χ1) is 12.0. The summed E-state index contributed by atoms with van der Waals surface area (Å²) in [5.74, 6) is -2.27. The fourth-order valence-electron chi connectivity index (χ4n) is 2.62. The van der Waals surface area contributed by atoms with Crippen molar-refractivity contribution in [2.75, 3.05) is 6.16 Å². The van der Waals surface area contributed by atoms with Gasteiger partial charge in [-0.3, -0.25) is 9.59 Å². The molecule has 0 heterocycles. The molecular weight excluding hydrogens is 337 g/mol. The van der Waals surface area contributed by atoms with Crippen molar-refractivity contribution >= 4 is 20.0 Å². The average Bonchev–Trinajstić information content (AvgIpc) is 2.59. The van der Waals surface area contributed by atoms with Crippen LogP contribution >= 0.6 is 8.15 Å². The van der Waals surface area contributed by atoms with Gasteiger partial charge in [0, 0.05) is 26.9 Å². The van der Waals surface area contributed by atoms with E-state index in [9.17, 15) is 19.6 Å². The van der Waals surface area contributed by atoms with Crippen molar-refractivity contribution in [1.82, 2.24) is 0 Å². The van der Waals surface area contributed by atoms with Gasteiger partial charge in [0.1, 0.15) is 0 Å². The lowest BCUT2D eigenvalue weighted by Crippen LogP contribution is -2.21. The molecule has 25 heavy (non-hydrogen) atoms. The van der Waals surface area contributed by atoms with Crippen LogP contribution < -0.4 is 5.73 Å². The zero-order valence-electron chi connectivity index (χ0n) is 13.8. The van der Waals surface area contributed by atoms with Crippen molar-refractivity contribution in [2.24, 2.45) is 11.7 Å².